The van der Waals surface area contributed by atoms with E-state index in [2.05, 4.69) is 155 Å². The van der Waals surface area contributed by atoms with Gasteiger partial charge < -0.3 is 4.90 Å². The van der Waals surface area contributed by atoms with Crippen LogP contribution in [0.3, 0.4) is 0 Å². The van der Waals surface area contributed by atoms with Crippen molar-refractivity contribution in [2.45, 2.75) is 0 Å². The molecule has 8 rings (SSSR count). The van der Waals surface area contributed by atoms with Crippen molar-refractivity contribution < 1.29 is 0 Å². The van der Waals surface area contributed by atoms with Crippen molar-refractivity contribution in [3.63, 3.8) is 0 Å². The highest BCUT2D eigenvalue weighted by atomic mass is 32.1. The summed E-state index contributed by atoms with van der Waals surface area (Å²) in [7, 11) is 0. The zero-order chi connectivity index (χ0) is 27.9. The molecule has 3 heteroatoms. The summed E-state index contributed by atoms with van der Waals surface area (Å²) < 4.78 is 2.51. The van der Waals surface area contributed by atoms with Crippen LogP contribution in [0.2, 0.25) is 0 Å². The first-order chi connectivity index (χ1) is 20.8. The minimum Gasteiger partial charge on any atom is -0.310 e. The van der Waals surface area contributed by atoms with Crippen molar-refractivity contribution in [2.75, 3.05) is 4.90 Å². The lowest BCUT2D eigenvalue weighted by molar-refractivity contribution is 1.30. The smallest absolute Gasteiger partial charge is 0.0555 e. The zero-order valence-electron chi connectivity index (χ0n) is 22.8. The Hall–Kier alpha value is -5.25. The molecule has 42 heavy (non-hydrogen) atoms. The molecular formula is C39H26N2S. The SMILES string of the molecule is c1ccc(-c2ccc(N(c3ccc(-c4ccc5ccccc5c4)cc3)c3cccc4sc5ccncc5c34)cc2)cc1. The number of rotatable bonds is 5. The number of fused-ring (bicyclic) bond motifs is 4. The summed E-state index contributed by atoms with van der Waals surface area (Å²) in [5, 5.41) is 4.93. The number of pyridine rings is 1. The molecule has 0 bridgehead atoms. The second-order valence-electron chi connectivity index (χ2n) is 10.5. The quantitative estimate of drug-likeness (QED) is 0.210. The molecule has 0 aliphatic rings. The van der Waals surface area contributed by atoms with Crippen molar-refractivity contribution in [3.05, 3.63) is 158 Å². The Bertz CT molecular complexity index is 2180. The summed E-state index contributed by atoms with van der Waals surface area (Å²) in [5.41, 5.74) is 8.22. The van der Waals surface area contributed by atoms with E-state index in [9.17, 15) is 0 Å². The van der Waals surface area contributed by atoms with E-state index in [-0.39, 0.29) is 0 Å². The van der Waals surface area contributed by atoms with E-state index in [0.717, 1.165) is 17.1 Å². The molecule has 0 N–H and O–H groups in total. The monoisotopic (exact) mass is 554 g/mol. The summed E-state index contributed by atoms with van der Waals surface area (Å²) in [6.07, 6.45) is 3.88. The lowest BCUT2D eigenvalue weighted by Crippen LogP contribution is -2.10. The summed E-state index contributed by atoms with van der Waals surface area (Å²) in [4.78, 5) is 6.86. The van der Waals surface area contributed by atoms with Gasteiger partial charge in [0.05, 0.1) is 5.69 Å². The third kappa shape index (κ3) is 4.32. The van der Waals surface area contributed by atoms with Crippen molar-refractivity contribution >= 4 is 59.3 Å². The Morgan fingerprint density at radius 3 is 1.88 bits per heavy atom. The fourth-order valence-corrected chi connectivity index (χ4v) is 6.96. The van der Waals surface area contributed by atoms with Gasteiger partial charge in [-0.15, -0.1) is 11.3 Å². The Balaban J connectivity index is 1.27. The second-order valence-corrected chi connectivity index (χ2v) is 11.6. The molecule has 0 saturated heterocycles. The fourth-order valence-electron chi connectivity index (χ4n) is 5.87. The van der Waals surface area contributed by atoms with Gasteiger partial charge in [0, 0.05) is 43.9 Å². The predicted molar refractivity (Wildman–Crippen MR) is 180 cm³/mol. The van der Waals surface area contributed by atoms with Gasteiger partial charge in [-0.3, -0.25) is 4.98 Å². The van der Waals surface area contributed by atoms with Crippen molar-refractivity contribution in [1.82, 2.24) is 4.98 Å². The Kier molecular flexibility index (Phi) is 6.02. The first-order valence-electron chi connectivity index (χ1n) is 14.1. The number of aromatic nitrogens is 1. The molecule has 0 aliphatic carbocycles. The third-order valence-corrected chi connectivity index (χ3v) is 9.09. The Morgan fingerprint density at radius 1 is 0.476 bits per heavy atom. The van der Waals surface area contributed by atoms with Crippen LogP contribution in [0.5, 0.6) is 0 Å². The maximum Gasteiger partial charge on any atom is 0.0555 e. The summed E-state index contributed by atoms with van der Waals surface area (Å²) in [6, 6.07) is 52.3. The normalized spacial score (nSPS) is 11.3. The van der Waals surface area contributed by atoms with E-state index < -0.39 is 0 Å². The lowest BCUT2D eigenvalue weighted by atomic mass is 10.0. The second kappa shape index (κ2) is 10.3. The molecule has 2 heterocycles. The maximum atomic E-state index is 4.48. The van der Waals surface area contributed by atoms with Gasteiger partial charge in [-0.2, -0.15) is 0 Å². The summed E-state index contributed by atoms with van der Waals surface area (Å²) in [5.74, 6) is 0. The molecule has 0 saturated carbocycles. The molecule has 198 valence electrons. The number of benzene rings is 6. The van der Waals surface area contributed by atoms with Crippen molar-refractivity contribution in [2.24, 2.45) is 0 Å². The highest BCUT2D eigenvalue weighted by Crippen LogP contribution is 2.45. The number of anilines is 3. The van der Waals surface area contributed by atoms with Gasteiger partial charge in [0.2, 0.25) is 0 Å². The van der Waals surface area contributed by atoms with Crippen LogP contribution in [0.1, 0.15) is 0 Å². The fraction of sp³-hybridized carbons (Fsp3) is 0. The van der Waals surface area contributed by atoms with Gasteiger partial charge >= 0.3 is 0 Å². The minimum absolute atomic E-state index is 1.11. The number of hydrogen-bond donors (Lipinski definition) is 0. The molecule has 0 aliphatic heterocycles. The Morgan fingerprint density at radius 2 is 1.12 bits per heavy atom. The average molecular weight is 555 g/mol. The van der Waals surface area contributed by atoms with Gasteiger partial charge in [-0.25, -0.2) is 0 Å². The van der Waals surface area contributed by atoms with Crippen molar-refractivity contribution in [3.8, 4) is 22.3 Å². The minimum atomic E-state index is 1.11. The molecule has 6 aromatic carbocycles. The van der Waals surface area contributed by atoms with Crippen LogP contribution in [0.15, 0.2) is 158 Å². The third-order valence-electron chi connectivity index (χ3n) is 7.96. The van der Waals surface area contributed by atoms with Crippen LogP contribution in [-0.4, -0.2) is 4.98 Å². The van der Waals surface area contributed by atoms with Gasteiger partial charge in [0.25, 0.3) is 0 Å². The highest BCUT2D eigenvalue weighted by Gasteiger charge is 2.18. The number of nitrogens with zero attached hydrogens (tertiary/aromatic N) is 2. The molecule has 0 fully saturated rings. The van der Waals surface area contributed by atoms with E-state index >= 15 is 0 Å². The molecule has 0 atom stereocenters. The standard InChI is InChI=1S/C39H26N2S/c1-2-7-27(8-3-1)29-15-19-33(20-16-29)41(36-11-6-12-38-39(36)35-26-40-24-23-37(35)42-38)34-21-17-30(18-22-34)32-14-13-28-9-4-5-10-31(28)25-32/h1-26H. The first-order valence-corrected chi connectivity index (χ1v) is 14.9. The molecule has 8 aromatic rings. The van der Waals surface area contributed by atoms with Crippen molar-refractivity contribution in [1.29, 1.82) is 0 Å². The van der Waals surface area contributed by atoms with E-state index in [1.807, 2.05) is 23.7 Å². The van der Waals surface area contributed by atoms with Gasteiger partial charge in [-0.1, -0.05) is 97.1 Å². The summed E-state index contributed by atoms with van der Waals surface area (Å²) in [6.45, 7) is 0. The van der Waals surface area contributed by atoms with Crippen LogP contribution in [-0.2, 0) is 0 Å². The average Bonchev–Trinajstić information content (AvgIpc) is 3.45. The highest BCUT2D eigenvalue weighted by molar-refractivity contribution is 7.25. The van der Waals surface area contributed by atoms with E-state index in [0.29, 0.717) is 0 Å². The predicted octanol–water partition coefficient (Wildman–Crippen LogP) is 11.4. The van der Waals surface area contributed by atoms with Crippen LogP contribution in [0.25, 0.3) is 53.2 Å². The topological polar surface area (TPSA) is 16.1 Å². The molecule has 0 unspecified atom stereocenters. The molecule has 0 amide bonds. The van der Waals surface area contributed by atoms with Gasteiger partial charge in [-0.05, 0) is 81.6 Å². The Labute approximate surface area is 248 Å². The molecule has 0 spiro atoms. The molecule has 0 radical (unpaired) electrons. The zero-order valence-corrected chi connectivity index (χ0v) is 23.6. The van der Waals surface area contributed by atoms with Crippen LogP contribution >= 0.6 is 11.3 Å². The van der Waals surface area contributed by atoms with Crippen LogP contribution in [0, 0.1) is 0 Å². The molecule has 2 nitrogen and oxygen atoms in total. The largest absolute Gasteiger partial charge is 0.310 e. The van der Waals surface area contributed by atoms with Crippen LogP contribution < -0.4 is 4.90 Å². The summed E-state index contributed by atoms with van der Waals surface area (Å²) >= 11 is 1.82. The molecular weight excluding hydrogens is 529 g/mol. The number of hydrogen-bond acceptors (Lipinski definition) is 3. The molecule has 2 aromatic heterocycles. The van der Waals surface area contributed by atoms with Crippen LogP contribution in [0.4, 0.5) is 17.1 Å². The van der Waals surface area contributed by atoms with Gasteiger partial charge in [0.15, 0.2) is 0 Å². The van der Waals surface area contributed by atoms with E-state index in [1.165, 1.54) is 53.2 Å². The first kappa shape index (κ1) is 24.5. The van der Waals surface area contributed by atoms with Gasteiger partial charge in [0.1, 0.15) is 0 Å². The lowest BCUT2D eigenvalue weighted by Gasteiger charge is -2.27. The number of thiophene rings is 1. The maximum absolute atomic E-state index is 4.48. The van der Waals surface area contributed by atoms with E-state index in [4.69, 9.17) is 0 Å². The van der Waals surface area contributed by atoms with E-state index in [1.54, 1.807) is 0 Å².